The Labute approximate surface area is 218 Å². The molecule has 4 aromatic carbocycles. The van der Waals surface area contributed by atoms with Crippen LogP contribution in [0.15, 0.2) is 82.8 Å². The number of fused-ring (bicyclic) bond motifs is 2. The molecular formula is C30H32N2NiO2. The van der Waals surface area contributed by atoms with Crippen molar-refractivity contribution in [3.05, 3.63) is 83.9 Å². The summed E-state index contributed by atoms with van der Waals surface area (Å²) in [7, 11) is 0. The number of rotatable bonds is 8. The molecule has 0 saturated carbocycles. The van der Waals surface area contributed by atoms with E-state index in [9.17, 15) is 10.2 Å². The fourth-order valence-electron chi connectivity index (χ4n) is 3.63. The van der Waals surface area contributed by atoms with Crippen molar-refractivity contribution < 1.29 is 26.7 Å². The minimum atomic E-state index is 0. The van der Waals surface area contributed by atoms with Crippen LogP contribution in [0.1, 0.15) is 50.7 Å². The predicted molar refractivity (Wildman–Crippen MR) is 142 cm³/mol. The fourth-order valence-corrected chi connectivity index (χ4v) is 3.63. The van der Waals surface area contributed by atoms with E-state index in [1.165, 1.54) is 0 Å². The first-order valence-corrected chi connectivity index (χ1v) is 12.0. The molecule has 35 heavy (non-hydrogen) atoms. The molecule has 0 atom stereocenters. The van der Waals surface area contributed by atoms with Gasteiger partial charge in [-0.25, -0.2) is 0 Å². The Morgan fingerprint density at radius 2 is 1.00 bits per heavy atom. The van der Waals surface area contributed by atoms with E-state index in [0.29, 0.717) is 11.1 Å². The molecule has 0 aliphatic carbocycles. The van der Waals surface area contributed by atoms with Crippen molar-refractivity contribution in [1.82, 2.24) is 0 Å². The Balaban J connectivity index is 0.000000240. The summed E-state index contributed by atoms with van der Waals surface area (Å²) in [4.78, 5) is 8.63. The molecule has 0 N–H and O–H groups in total. The molecule has 0 spiro atoms. The second-order valence-electron chi connectivity index (χ2n) is 8.17. The predicted octanol–water partition coefficient (Wildman–Crippen LogP) is 6.26. The maximum atomic E-state index is 11.8. The first-order valence-electron chi connectivity index (χ1n) is 12.0. The summed E-state index contributed by atoms with van der Waals surface area (Å²) >= 11 is 0. The molecular weight excluding hydrogens is 479 g/mol. The van der Waals surface area contributed by atoms with Crippen molar-refractivity contribution in [2.75, 3.05) is 13.1 Å². The van der Waals surface area contributed by atoms with Gasteiger partial charge in [0.2, 0.25) is 0 Å². The Bertz CT molecular complexity index is 1170. The van der Waals surface area contributed by atoms with E-state index in [1.54, 1.807) is 24.6 Å². The first-order chi connectivity index (χ1) is 16.7. The number of hydrogen-bond acceptors (Lipinski definition) is 4. The van der Waals surface area contributed by atoms with E-state index < -0.39 is 0 Å². The Kier molecular flexibility index (Phi) is 12.0. The van der Waals surface area contributed by atoms with Gasteiger partial charge >= 0.3 is 16.5 Å². The van der Waals surface area contributed by atoms with E-state index in [4.69, 9.17) is 0 Å². The number of unbranched alkanes of at least 4 members (excludes halogenated alkanes) is 2. The SMILES string of the molecule is CCCCN=Cc1c([O-])ccc2ccccc12.CCCCN=Cc1c([O-])ccc2ccccc12.[Ni+2]. The summed E-state index contributed by atoms with van der Waals surface area (Å²) in [5, 5.41) is 27.8. The number of hydrogen-bond donors (Lipinski definition) is 0. The molecule has 0 heterocycles. The van der Waals surface area contributed by atoms with Crippen LogP contribution in [-0.4, -0.2) is 25.5 Å². The molecule has 0 unspecified atom stereocenters. The van der Waals surface area contributed by atoms with Gasteiger partial charge in [0.25, 0.3) is 0 Å². The van der Waals surface area contributed by atoms with Gasteiger partial charge < -0.3 is 10.2 Å². The molecule has 4 rings (SSSR count). The second-order valence-corrected chi connectivity index (χ2v) is 8.17. The molecule has 0 saturated heterocycles. The molecule has 0 radical (unpaired) electrons. The van der Waals surface area contributed by atoms with Crippen molar-refractivity contribution in [3.8, 4) is 11.5 Å². The minimum absolute atomic E-state index is 0. The van der Waals surface area contributed by atoms with Gasteiger partial charge in [0.15, 0.2) is 0 Å². The van der Waals surface area contributed by atoms with Crippen molar-refractivity contribution in [3.63, 3.8) is 0 Å². The van der Waals surface area contributed by atoms with E-state index in [2.05, 4.69) is 23.8 Å². The topological polar surface area (TPSA) is 70.8 Å². The van der Waals surface area contributed by atoms with Crippen LogP contribution < -0.4 is 10.2 Å². The van der Waals surface area contributed by atoms with E-state index in [1.807, 2.05) is 60.7 Å². The maximum absolute atomic E-state index is 11.8. The van der Waals surface area contributed by atoms with E-state index >= 15 is 0 Å². The molecule has 0 fully saturated rings. The molecule has 5 heteroatoms. The van der Waals surface area contributed by atoms with E-state index in [-0.39, 0.29) is 28.0 Å². The summed E-state index contributed by atoms with van der Waals surface area (Å²) in [6.07, 6.45) is 7.82. The van der Waals surface area contributed by atoms with Crippen LogP contribution in [0.25, 0.3) is 21.5 Å². The Morgan fingerprint density at radius 1 is 0.600 bits per heavy atom. The fraction of sp³-hybridized carbons (Fsp3) is 0.267. The quantitative estimate of drug-likeness (QED) is 0.159. The average Bonchev–Trinajstić information content (AvgIpc) is 2.87. The van der Waals surface area contributed by atoms with Gasteiger partial charge in [0.1, 0.15) is 0 Å². The zero-order valence-electron chi connectivity index (χ0n) is 20.4. The van der Waals surface area contributed by atoms with Gasteiger partial charge in [0.05, 0.1) is 0 Å². The molecule has 0 amide bonds. The van der Waals surface area contributed by atoms with Crippen molar-refractivity contribution in [2.24, 2.45) is 9.98 Å². The largest absolute Gasteiger partial charge is 2.00 e. The zero-order chi connectivity index (χ0) is 24.2. The second kappa shape index (κ2) is 15.0. The molecule has 0 aromatic heterocycles. The van der Waals surface area contributed by atoms with Crippen molar-refractivity contribution >= 4 is 34.0 Å². The third kappa shape index (κ3) is 7.94. The zero-order valence-corrected chi connectivity index (χ0v) is 21.3. The average molecular weight is 511 g/mol. The number of nitrogens with zero attached hydrogens (tertiary/aromatic N) is 2. The summed E-state index contributed by atoms with van der Waals surface area (Å²) in [6.45, 7) is 5.84. The monoisotopic (exact) mass is 510 g/mol. The van der Waals surface area contributed by atoms with Gasteiger partial charge in [0, 0.05) is 25.5 Å². The third-order valence-corrected chi connectivity index (χ3v) is 5.58. The van der Waals surface area contributed by atoms with Crippen LogP contribution in [-0.2, 0) is 16.5 Å². The summed E-state index contributed by atoms with van der Waals surface area (Å²) in [5.74, 6) is 0.0906. The van der Waals surface area contributed by atoms with Gasteiger partial charge in [-0.2, -0.15) is 0 Å². The van der Waals surface area contributed by atoms with Crippen molar-refractivity contribution in [2.45, 2.75) is 39.5 Å². The molecule has 0 bridgehead atoms. The van der Waals surface area contributed by atoms with Gasteiger partial charge in [-0.05, 0) is 45.5 Å². The Morgan fingerprint density at radius 3 is 1.40 bits per heavy atom. The molecule has 4 nitrogen and oxygen atoms in total. The Hall–Kier alpha value is -3.17. The summed E-state index contributed by atoms with van der Waals surface area (Å²) < 4.78 is 0. The van der Waals surface area contributed by atoms with Gasteiger partial charge in [-0.3, -0.25) is 9.98 Å². The molecule has 184 valence electrons. The smallest absolute Gasteiger partial charge is 0.872 e. The maximum Gasteiger partial charge on any atom is 2.00 e. The summed E-state index contributed by atoms with van der Waals surface area (Å²) in [6, 6.07) is 22.8. The van der Waals surface area contributed by atoms with Crippen LogP contribution in [0.4, 0.5) is 0 Å². The number of benzene rings is 4. The molecule has 0 aliphatic heterocycles. The van der Waals surface area contributed by atoms with E-state index in [0.717, 1.165) is 60.3 Å². The molecule has 0 aliphatic rings. The molecule has 4 aromatic rings. The van der Waals surface area contributed by atoms with Crippen LogP contribution >= 0.6 is 0 Å². The van der Waals surface area contributed by atoms with Gasteiger partial charge in [-0.1, -0.05) is 111 Å². The van der Waals surface area contributed by atoms with Crippen LogP contribution in [0.2, 0.25) is 0 Å². The van der Waals surface area contributed by atoms with Gasteiger partial charge in [-0.15, -0.1) is 0 Å². The van der Waals surface area contributed by atoms with Crippen LogP contribution in [0.3, 0.4) is 0 Å². The van der Waals surface area contributed by atoms with Crippen LogP contribution in [0, 0.1) is 0 Å². The van der Waals surface area contributed by atoms with Crippen molar-refractivity contribution in [1.29, 1.82) is 0 Å². The van der Waals surface area contributed by atoms with Crippen LogP contribution in [0.5, 0.6) is 11.5 Å². The third-order valence-electron chi connectivity index (χ3n) is 5.58. The standard InChI is InChI=1S/2C15H17NO.Ni/c2*1-2-3-10-16-11-14-13-7-5-4-6-12(13)8-9-15(14)17;/h2*4-9,11,17H,2-3,10H2,1H3;/q;;+2/p-2. The minimum Gasteiger partial charge on any atom is -0.872 e. The summed E-state index contributed by atoms with van der Waals surface area (Å²) in [5.41, 5.74) is 1.42. The number of aliphatic imine (C=N–C) groups is 2. The normalized spacial score (nSPS) is 11.0. The first kappa shape index (κ1) is 28.1.